The Labute approximate surface area is 84.6 Å². The molecule has 78 valence electrons. The molecular formula is C10H7F2NO2. The van der Waals surface area contributed by atoms with Crippen LogP contribution in [0, 0.1) is 11.3 Å². The Morgan fingerprint density at radius 1 is 1.53 bits per heavy atom. The van der Waals surface area contributed by atoms with E-state index in [2.05, 4.69) is 0 Å². The number of benzene rings is 1. The van der Waals surface area contributed by atoms with Crippen LogP contribution in [-0.4, -0.2) is 10.9 Å². The molecule has 1 N–H and O–H groups in total. The van der Waals surface area contributed by atoms with Gasteiger partial charge in [-0.15, -0.1) is 0 Å². The summed E-state index contributed by atoms with van der Waals surface area (Å²) in [7, 11) is 0. The van der Waals surface area contributed by atoms with Gasteiger partial charge in [0.2, 0.25) is 0 Å². The molecule has 15 heavy (non-hydrogen) atoms. The summed E-state index contributed by atoms with van der Waals surface area (Å²) < 4.78 is 24.7. The molecule has 0 atom stereocenters. The highest BCUT2D eigenvalue weighted by atomic mass is 19.3. The standard InChI is InChI=1S/C10H7F2NO2/c1-5(14)7-3-8(10(11)12)9(15)2-6(7)4-13/h2-3,10,15H,1H3. The first-order chi connectivity index (χ1) is 6.97. The van der Waals surface area contributed by atoms with E-state index in [4.69, 9.17) is 10.4 Å². The zero-order valence-electron chi connectivity index (χ0n) is 7.79. The summed E-state index contributed by atoms with van der Waals surface area (Å²) in [4.78, 5) is 11.0. The molecule has 0 unspecified atom stereocenters. The first-order valence-electron chi connectivity index (χ1n) is 4.03. The van der Waals surface area contributed by atoms with Gasteiger partial charge in [-0.2, -0.15) is 5.26 Å². The second-order valence-corrected chi connectivity index (χ2v) is 2.93. The summed E-state index contributed by atoms with van der Waals surface area (Å²) in [5.41, 5.74) is -0.853. The van der Waals surface area contributed by atoms with Crippen LogP contribution in [-0.2, 0) is 0 Å². The average Bonchev–Trinajstić information content (AvgIpc) is 2.16. The predicted molar refractivity (Wildman–Crippen MR) is 47.8 cm³/mol. The van der Waals surface area contributed by atoms with E-state index < -0.39 is 23.5 Å². The largest absolute Gasteiger partial charge is 0.507 e. The number of carbonyl (C=O) groups is 1. The molecule has 0 radical (unpaired) electrons. The second kappa shape index (κ2) is 4.05. The molecule has 1 aromatic carbocycles. The molecule has 0 aliphatic heterocycles. The molecular weight excluding hydrogens is 204 g/mol. The van der Waals surface area contributed by atoms with E-state index in [1.807, 2.05) is 0 Å². The molecule has 0 saturated heterocycles. The van der Waals surface area contributed by atoms with Gasteiger partial charge in [-0.05, 0) is 19.1 Å². The van der Waals surface area contributed by atoms with Gasteiger partial charge in [0, 0.05) is 5.56 Å². The predicted octanol–water partition coefficient (Wildman–Crippen LogP) is 2.40. The third-order valence-corrected chi connectivity index (χ3v) is 1.90. The van der Waals surface area contributed by atoms with Crippen LogP contribution < -0.4 is 0 Å². The Bertz CT molecular complexity index is 449. The maximum atomic E-state index is 12.4. The van der Waals surface area contributed by atoms with E-state index in [0.29, 0.717) is 0 Å². The van der Waals surface area contributed by atoms with Crippen LogP contribution in [0.1, 0.15) is 34.8 Å². The fourth-order valence-electron chi connectivity index (χ4n) is 1.16. The second-order valence-electron chi connectivity index (χ2n) is 2.93. The number of aromatic hydroxyl groups is 1. The lowest BCUT2D eigenvalue weighted by Crippen LogP contribution is -1.99. The van der Waals surface area contributed by atoms with Crippen molar-refractivity contribution in [2.45, 2.75) is 13.3 Å². The van der Waals surface area contributed by atoms with Crippen LogP contribution in [0.2, 0.25) is 0 Å². The molecule has 0 bridgehead atoms. The highest BCUT2D eigenvalue weighted by molar-refractivity contribution is 5.97. The van der Waals surface area contributed by atoms with Crippen molar-refractivity contribution < 1.29 is 18.7 Å². The SMILES string of the molecule is CC(=O)c1cc(C(F)F)c(O)cc1C#N. The molecule has 0 fully saturated rings. The monoisotopic (exact) mass is 211 g/mol. The van der Waals surface area contributed by atoms with E-state index in [-0.39, 0.29) is 11.1 Å². The highest BCUT2D eigenvalue weighted by Gasteiger charge is 2.18. The number of phenolic OH excluding ortho intramolecular Hbond substituents is 1. The number of hydrogen-bond acceptors (Lipinski definition) is 3. The van der Waals surface area contributed by atoms with Gasteiger partial charge in [-0.1, -0.05) is 0 Å². The minimum absolute atomic E-state index is 0.106. The van der Waals surface area contributed by atoms with Gasteiger partial charge in [0.05, 0.1) is 11.1 Å². The highest BCUT2D eigenvalue weighted by Crippen LogP contribution is 2.30. The van der Waals surface area contributed by atoms with E-state index in [1.54, 1.807) is 6.07 Å². The molecule has 3 nitrogen and oxygen atoms in total. The number of alkyl halides is 2. The lowest BCUT2D eigenvalue weighted by molar-refractivity contribution is 0.101. The molecule has 0 aliphatic carbocycles. The number of ketones is 1. The minimum Gasteiger partial charge on any atom is -0.507 e. The fraction of sp³-hybridized carbons (Fsp3) is 0.200. The van der Waals surface area contributed by atoms with Crippen molar-refractivity contribution in [2.75, 3.05) is 0 Å². The Morgan fingerprint density at radius 3 is 2.53 bits per heavy atom. The maximum absolute atomic E-state index is 12.4. The number of hydrogen-bond donors (Lipinski definition) is 1. The Balaban J connectivity index is 3.45. The van der Waals surface area contributed by atoms with Crippen LogP contribution in [0.15, 0.2) is 12.1 Å². The van der Waals surface area contributed by atoms with E-state index >= 15 is 0 Å². The quantitative estimate of drug-likeness (QED) is 0.764. The van der Waals surface area contributed by atoms with Crippen molar-refractivity contribution in [1.82, 2.24) is 0 Å². The molecule has 0 aliphatic rings. The van der Waals surface area contributed by atoms with Gasteiger partial charge in [-0.3, -0.25) is 4.79 Å². The van der Waals surface area contributed by atoms with Crippen LogP contribution in [0.4, 0.5) is 8.78 Å². The summed E-state index contributed by atoms with van der Waals surface area (Å²) in [6.07, 6.45) is -2.88. The zero-order chi connectivity index (χ0) is 11.6. The van der Waals surface area contributed by atoms with Crippen LogP contribution in [0.5, 0.6) is 5.75 Å². The van der Waals surface area contributed by atoms with Crippen molar-refractivity contribution in [3.8, 4) is 11.8 Å². The fourth-order valence-corrected chi connectivity index (χ4v) is 1.16. The van der Waals surface area contributed by atoms with Crippen molar-refractivity contribution >= 4 is 5.78 Å². The third kappa shape index (κ3) is 2.10. The Morgan fingerprint density at radius 2 is 2.13 bits per heavy atom. The lowest BCUT2D eigenvalue weighted by atomic mass is 10.0. The van der Waals surface area contributed by atoms with Crippen LogP contribution in [0.25, 0.3) is 0 Å². The summed E-state index contributed by atoms with van der Waals surface area (Å²) >= 11 is 0. The van der Waals surface area contributed by atoms with Gasteiger partial charge in [0.15, 0.2) is 5.78 Å². The number of rotatable bonds is 2. The van der Waals surface area contributed by atoms with Gasteiger partial charge in [-0.25, -0.2) is 8.78 Å². The van der Waals surface area contributed by atoms with Crippen molar-refractivity contribution in [3.05, 3.63) is 28.8 Å². The van der Waals surface area contributed by atoms with Crippen molar-refractivity contribution in [3.63, 3.8) is 0 Å². The molecule has 0 spiro atoms. The van der Waals surface area contributed by atoms with E-state index in [0.717, 1.165) is 12.1 Å². The molecule has 0 amide bonds. The number of Topliss-reactive ketones (excluding diaryl/α,β-unsaturated/α-hetero) is 1. The molecule has 0 aromatic heterocycles. The van der Waals surface area contributed by atoms with Gasteiger partial charge < -0.3 is 5.11 Å². The van der Waals surface area contributed by atoms with Crippen LogP contribution in [0.3, 0.4) is 0 Å². The van der Waals surface area contributed by atoms with E-state index in [9.17, 15) is 13.6 Å². The third-order valence-electron chi connectivity index (χ3n) is 1.90. The number of phenols is 1. The summed E-state index contributed by atoms with van der Waals surface area (Å²) in [5, 5.41) is 17.8. The number of nitriles is 1. The lowest BCUT2D eigenvalue weighted by Gasteiger charge is -2.06. The summed E-state index contributed by atoms with van der Waals surface area (Å²) in [5.74, 6) is -1.17. The van der Waals surface area contributed by atoms with Crippen molar-refractivity contribution in [2.24, 2.45) is 0 Å². The molecule has 1 rings (SSSR count). The maximum Gasteiger partial charge on any atom is 0.267 e. The normalized spacial score (nSPS) is 10.1. The molecule has 5 heteroatoms. The average molecular weight is 211 g/mol. The molecule has 0 saturated carbocycles. The van der Waals surface area contributed by atoms with E-state index in [1.165, 1.54) is 6.92 Å². The van der Waals surface area contributed by atoms with Gasteiger partial charge >= 0.3 is 0 Å². The van der Waals surface area contributed by atoms with Gasteiger partial charge in [0.25, 0.3) is 6.43 Å². The van der Waals surface area contributed by atoms with Crippen LogP contribution >= 0.6 is 0 Å². The van der Waals surface area contributed by atoms with Gasteiger partial charge in [0.1, 0.15) is 11.8 Å². The molecule has 1 aromatic rings. The number of nitrogens with zero attached hydrogens (tertiary/aromatic N) is 1. The number of carbonyl (C=O) groups excluding carboxylic acids is 1. The first-order valence-corrected chi connectivity index (χ1v) is 4.03. The Kier molecular flexibility index (Phi) is 3.00. The Hall–Kier alpha value is -1.96. The first kappa shape index (κ1) is 11.1. The van der Waals surface area contributed by atoms with Crippen molar-refractivity contribution in [1.29, 1.82) is 5.26 Å². The minimum atomic E-state index is -2.88. The summed E-state index contributed by atoms with van der Waals surface area (Å²) in [6, 6.07) is 3.38. The topological polar surface area (TPSA) is 61.1 Å². The smallest absolute Gasteiger partial charge is 0.267 e. The zero-order valence-corrected chi connectivity index (χ0v) is 7.79. The summed E-state index contributed by atoms with van der Waals surface area (Å²) in [6.45, 7) is 1.17. The molecule has 0 heterocycles. The number of halogens is 2.